The topological polar surface area (TPSA) is 55.2 Å². The second kappa shape index (κ2) is 6.25. The molecule has 2 rings (SSSR count). The Morgan fingerprint density at radius 2 is 1.95 bits per heavy atom. The highest BCUT2D eigenvalue weighted by molar-refractivity contribution is 5.34. The molecule has 0 amide bonds. The maximum Gasteiger partial charge on any atom is 0.269 e. The van der Waals surface area contributed by atoms with Gasteiger partial charge in [-0.25, -0.2) is 4.39 Å². The highest BCUT2D eigenvalue weighted by Gasteiger charge is 2.08. The monoisotopic (exact) mass is 274 g/mol. The molecule has 0 fully saturated rings. The number of rotatable bonds is 5. The third kappa shape index (κ3) is 3.61. The van der Waals surface area contributed by atoms with Gasteiger partial charge in [0.25, 0.3) is 5.69 Å². The normalized spacial score (nSPS) is 12.1. The quantitative estimate of drug-likeness (QED) is 0.669. The van der Waals surface area contributed by atoms with Crippen LogP contribution in [0.2, 0.25) is 0 Å². The Kier molecular flexibility index (Phi) is 4.42. The Hall–Kier alpha value is -2.27. The molecule has 20 heavy (non-hydrogen) atoms. The van der Waals surface area contributed by atoms with Gasteiger partial charge in [-0.05, 0) is 30.2 Å². The first-order valence-corrected chi connectivity index (χ1v) is 6.28. The number of benzene rings is 2. The van der Waals surface area contributed by atoms with Crippen molar-refractivity contribution in [3.63, 3.8) is 0 Å². The van der Waals surface area contributed by atoms with Gasteiger partial charge in [0.1, 0.15) is 5.82 Å². The van der Waals surface area contributed by atoms with Crippen LogP contribution in [0.25, 0.3) is 0 Å². The lowest BCUT2D eigenvalue weighted by atomic mass is 10.1. The van der Waals surface area contributed by atoms with Gasteiger partial charge in [-0.2, -0.15) is 0 Å². The molecule has 0 aliphatic rings. The van der Waals surface area contributed by atoms with Gasteiger partial charge in [-0.1, -0.05) is 24.3 Å². The number of hydrogen-bond donors (Lipinski definition) is 1. The molecule has 0 saturated carbocycles. The van der Waals surface area contributed by atoms with E-state index in [1.54, 1.807) is 24.3 Å². The maximum atomic E-state index is 12.8. The van der Waals surface area contributed by atoms with Crippen molar-refractivity contribution >= 4 is 5.69 Å². The van der Waals surface area contributed by atoms with E-state index in [2.05, 4.69) is 5.32 Å². The predicted octanol–water partition coefficient (Wildman–Crippen LogP) is 3.58. The Labute approximate surface area is 116 Å². The van der Waals surface area contributed by atoms with Gasteiger partial charge in [-0.3, -0.25) is 10.1 Å². The molecule has 0 aromatic heterocycles. The minimum absolute atomic E-state index is 0.0369. The summed E-state index contributed by atoms with van der Waals surface area (Å²) in [5, 5.41) is 14.0. The largest absolute Gasteiger partial charge is 0.306 e. The van der Waals surface area contributed by atoms with E-state index >= 15 is 0 Å². The molecular formula is C15H15FN2O2. The average Bonchev–Trinajstić information content (AvgIpc) is 2.46. The third-order valence-electron chi connectivity index (χ3n) is 3.10. The van der Waals surface area contributed by atoms with Crippen LogP contribution in [0, 0.1) is 15.9 Å². The molecule has 2 aromatic rings. The van der Waals surface area contributed by atoms with E-state index in [0.29, 0.717) is 6.54 Å². The standard InChI is InChI=1S/C15H15FN2O2/c1-11(13-5-7-14(16)8-6-13)17-10-12-3-2-4-15(9-12)18(19)20/h2-9,11,17H,10H2,1H3/t11-/m1/s1. The van der Waals surface area contributed by atoms with Crippen molar-refractivity contribution in [3.8, 4) is 0 Å². The SMILES string of the molecule is C[C@@H](NCc1cccc([N+](=O)[O-])c1)c1ccc(F)cc1. The summed E-state index contributed by atoms with van der Waals surface area (Å²) in [7, 11) is 0. The zero-order valence-corrected chi connectivity index (χ0v) is 11.0. The number of hydrogen-bond acceptors (Lipinski definition) is 3. The molecule has 0 aliphatic carbocycles. The molecule has 0 bridgehead atoms. The van der Waals surface area contributed by atoms with E-state index in [1.165, 1.54) is 18.2 Å². The van der Waals surface area contributed by atoms with Crippen molar-refractivity contribution in [2.24, 2.45) is 0 Å². The summed E-state index contributed by atoms with van der Waals surface area (Å²) in [4.78, 5) is 10.3. The number of nitro groups is 1. The number of nitrogens with one attached hydrogen (secondary N) is 1. The minimum Gasteiger partial charge on any atom is -0.306 e. The summed E-state index contributed by atoms with van der Waals surface area (Å²) in [6, 6.07) is 12.8. The van der Waals surface area contributed by atoms with Crippen LogP contribution in [0.15, 0.2) is 48.5 Å². The molecule has 0 radical (unpaired) electrons. The van der Waals surface area contributed by atoms with E-state index < -0.39 is 4.92 Å². The lowest BCUT2D eigenvalue weighted by Gasteiger charge is -2.14. The second-order valence-electron chi connectivity index (χ2n) is 4.58. The van der Waals surface area contributed by atoms with Crippen LogP contribution in [0.3, 0.4) is 0 Å². The number of halogens is 1. The summed E-state index contributed by atoms with van der Waals surface area (Å²) in [6.07, 6.45) is 0. The van der Waals surface area contributed by atoms with Gasteiger partial charge < -0.3 is 5.32 Å². The highest BCUT2D eigenvalue weighted by Crippen LogP contribution is 2.16. The van der Waals surface area contributed by atoms with Crippen molar-refractivity contribution in [2.75, 3.05) is 0 Å². The van der Waals surface area contributed by atoms with Crippen molar-refractivity contribution in [2.45, 2.75) is 19.5 Å². The van der Waals surface area contributed by atoms with Gasteiger partial charge in [0.15, 0.2) is 0 Å². The number of non-ortho nitro benzene ring substituents is 1. The molecule has 0 saturated heterocycles. The van der Waals surface area contributed by atoms with Gasteiger partial charge in [0.05, 0.1) is 4.92 Å². The van der Waals surface area contributed by atoms with E-state index in [0.717, 1.165) is 11.1 Å². The summed E-state index contributed by atoms with van der Waals surface area (Å²) in [5.74, 6) is -0.264. The van der Waals surface area contributed by atoms with E-state index in [1.807, 2.05) is 13.0 Å². The smallest absolute Gasteiger partial charge is 0.269 e. The van der Waals surface area contributed by atoms with Crippen LogP contribution in [0.5, 0.6) is 0 Å². The van der Waals surface area contributed by atoms with Crippen molar-refractivity contribution in [1.29, 1.82) is 0 Å². The Morgan fingerprint density at radius 1 is 1.25 bits per heavy atom. The molecule has 0 unspecified atom stereocenters. The number of nitro benzene ring substituents is 1. The highest BCUT2D eigenvalue weighted by atomic mass is 19.1. The molecule has 0 aliphatic heterocycles. The Morgan fingerprint density at radius 3 is 2.60 bits per heavy atom. The van der Waals surface area contributed by atoms with Crippen LogP contribution in [0.4, 0.5) is 10.1 Å². The van der Waals surface area contributed by atoms with Crippen molar-refractivity contribution in [3.05, 3.63) is 75.6 Å². The number of nitrogens with zero attached hydrogens (tertiary/aromatic N) is 1. The molecule has 4 nitrogen and oxygen atoms in total. The predicted molar refractivity (Wildman–Crippen MR) is 74.8 cm³/mol. The van der Waals surface area contributed by atoms with Crippen LogP contribution >= 0.6 is 0 Å². The van der Waals surface area contributed by atoms with Crippen LogP contribution < -0.4 is 5.32 Å². The molecule has 1 atom stereocenters. The first kappa shape index (κ1) is 14.1. The van der Waals surface area contributed by atoms with Crippen molar-refractivity contribution < 1.29 is 9.31 Å². The Bertz CT molecular complexity index is 599. The Balaban J connectivity index is 1.99. The summed E-state index contributed by atoms with van der Waals surface area (Å²) < 4.78 is 12.8. The van der Waals surface area contributed by atoms with Gasteiger partial charge in [-0.15, -0.1) is 0 Å². The third-order valence-corrected chi connectivity index (χ3v) is 3.10. The van der Waals surface area contributed by atoms with Crippen LogP contribution in [0.1, 0.15) is 24.1 Å². The zero-order valence-electron chi connectivity index (χ0n) is 11.0. The van der Waals surface area contributed by atoms with E-state index in [-0.39, 0.29) is 17.5 Å². The molecule has 1 N–H and O–H groups in total. The van der Waals surface area contributed by atoms with E-state index in [4.69, 9.17) is 0 Å². The van der Waals surface area contributed by atoms with Crippen LogP contribution in [-0.4, -0.2) is 4.92 Å². The maximum absolute atomic E-state index is 12.8. The average molecular weight is 274 g/mol. The first-order valence-electron chi connectivity index (χ1n) is 6.28. The molecule has 0 heterocycles. The fourth-order valence-corrected chi connectivity index (χ4v) is 1.92. The molecule has 104 valence electrons. The first-order chi connectivity index (χ1) is 9.56. The van der Waals surface area contributed by atoms with Gasteiger partial charge >= 0.3 is 0 Å². The molecule has 0 spiro atoms. The fourth-order valence-electron chi connectivity index (χ4n) is 1.92. The molecular weight excluding hydrogens is 259 g/mol. The lowest BCUT2D eigenvalue weighted by Crippen LogP contribution is -2.18. The molecule has 2 aromatic carbocycles. The summed E-state index contributed by atoms with van der Waals surface area (Å²) in [5.41, 5.74) is 1.89. The summed E-state index contributed by atoms with van der Waals surface area (Å²) in [6.45, 7) is 2.48. The zero-order chi connectivity index (χ0) is 14.5. The fraction of sp³-hybridized carbons (Fsp3) is 0.200. The summed E-state index contributed by atoms with van der Waals surface area (Å²) >= 11 is 0. The minimum atomic E-state index is -0.410. The van der Waals surface area contributed by atoms with E-state index in [9.17, 15) is 14.5 Å². The van der Waals surface area contributed by atoms with Gasteiger partial charge in [0.2, 0.25) is 0 Å². The lowest BCUT2D eigenvalue weighted by molar-refractivity contribution is -0.384. The molecule has 5 heteroatoms. The van der Waals surface area contributed by atoms with Crippen LogP contribution in [-0.2, 0) is 6.54 Å². The second-order valence-corrected chi connectivity index (χ2v) is 4.58. The van der Waals surface area contributed by atoms with Crippen molar-refractivity contribution in [1.82, 2.24) is 5.32 Å². The van der Waals surface area contributed by atoms with Gasteiger partial charge in [0, 0.05) is 24.7 Å².